The van der Waals surface area contributed by atoms with Gasteiger partial charge in [0.25, 0.3) is 0 Å². The Morgan fingerprint density at radius 1 is 0.895 bits per heavy atom. The van der Waals surface area contributed by atoms with Crippen molar-refractivity contribution in [3.8, 4) is 0 Å². The second-order valence-electron chi connectivity index (χ2n) is 4.27. The molecule has 0 fully saturated rings. The maximum Gasteiger partial charge on any atom is 0.302 e. The standard InChI is InChI=1S/C8H15BrO2.C6H13BrO/c1-8(10)11-7-5-3-2-4-6-9;7-5-3-1-2-4-6-8/h2-7H2,1H3;8H,1-6H2. The van der Waals surface area contributed by atoms with E-state index in [1.54, 1.807) is 0 Å². The minimum absolute atomic E-state index is 0.175. The van der Waals surface area contributed by atoms with Crippen LogP contribution in [-0.2, 0) is 9.53 Å². The summed E-state index contributed by atoms with van der Waals surface area (Å²) in [5.41, 5.74) is 0. The second-order valence-corrected chi connectivity index (χ2v) is 5.86. The van der Waals surface area contributed by atoms with Gasteiger partial charge in [-0.25, -0.2) is 0 Å². The van der Waals surface area contributed by atoms with Gasteiger partial charge in [0.15, 0.2) is 0 Å². The molecule has 0 rings (SSSR count). The molecule has 0 amide bonds. The zero-order valence-electron chi connectivity index (χ0n) is 12.0. The molecule has 0 saturated carbocycles. The molecule has 116 valence electrons. The van der Waals surface area contributed by atoms with Crippen LogP contribution in [0.25, 0.3) is 0 Å². The van der Waals surface area contributed by atoms with Crippen molar-refractivity contribution in [3.05, 3.63) is 0 Å². The Morgan fingerprint density at radius 2 is 1.37 bits per heavy atom. The van der Waals surface area contributed by atoms with Gasteiger partial charge in [-0.05, 0) is 25.7 Å². The highest BCUT2D eigenvalue weighted by Crippen LogP contribution is 2.02. The predicted octanol–water partition coefficient (Wildman–Crippen LogP) is 4.44. The van der Waals surface area contributed by atoms with Gasteiger partial charge in [0.05, 0.1) is 6.61 Å². The van der Waals surface area contributed by atoms with Gasteiger partial charge in [0.1, 0.15) is 0 Å². The van der Waals surface area contributed by atoms with Crippen LogP contribution in [0.1, 0.15) is 58.3 Å². The van der Waals surface area contributed by atoms with Crippen LogP contribution in [0.2, 0.25) is 0 Å². The Balaban J connectivity index is 0. The lowest BCUT2D eigenvalue weighted by molar-refractivity contribution is -0.141. The Labute approximate surface area is 134 Å². The molecule has 0 aliphatic rings. The van der Waals surface area contributed by atoms with E-state index in [1.807, 2.05) is 0 Å². The van der Waals surface area contributed by atoms with Crippen LogP contribution in [0.3, 0.4) is 0 Å². The monoisotopic (exact) mass is 402 g/mol. The van der Waals surface area contributed by atoms with Crippen LogP contribution in [0.4, 0.5) is 0 Å². The fourth-order valence-electron chi connectivity index (χ4n) is 1.33. The molecule has 0 atom stereocenters. The van der Waals surface area contributed by atoms with Crippen molar-refractivity contribution in [2.75, 3.05) is 23.9 Å². The van der Waals surface area contributed by atoms with Gasteiger partial charge in [-0.15, -0.1) is 0 Å². The summed E-state index contributed by atoms with van der Waals surface area (Å²) in [5.74, 6) is -0.175. The molecule has 3 nitrogen and oxygen atoms in total. The first-order valence-electron chi connectivity index (χ1n) is 7.05. The van der Waals surface area contributed by atoms with E-state index in [2.05, 4.69) is 31.9 Å². The summed E-state index contributed by atoms with van der Waals surface area (Å²) in [6.45, 7) is 2.37. The lowest BCUT2D eigenvalue weighted by Gasteiger charge is -2.00. The smallest absolute Gasteiger partial charge is 0.302 e. The minimum Gasteiger partial charge on any atom is -0.466 e. The average molecular weight is 404 g/mol. The number of carbonyl (C=O) groups is 1. The summed E-state index contributed by atoms with van der Waals surface area (Å²) >= 11 is 6.70. The maximum atomic E-state index is 10.3. The summed E-state index contributed by atoms with van der Waals surface area (Å²) in [6, 6.07) is 0. The number of aliphatic hydroxyl groups excluding tert-OH is 1. The Kier molecular flexibility index (Phi) is 23.6. The summed E-state index contributed by atoms with van der Waals surface area (Å²) < 4.78 is 4.77. The van der Waals surface area contributed by atoms with Crippen LogP contribution in [-0.4, -0.2) is 34.9 Å². The molecule has 0 radical (unpaired) electrons. The third-order valence-electron chi connectivity index (χ3n) is 2.38. The van der Waals surface area contributed by atoms with E-state index in [0.717, 1.165) is 29.9 Å². The van der Waals surface area contributed by atoms with Crippen LogP contribution in [0.5, 0.6) is 0 Å². The molecule has 5 heteroatoms. The zero-order valence-corrected chi connectivity index (χ0v) is 15.2. The molecule has 0 heterocycles. The SMILES string of the molecule is CC(=O)OCCCCCCBr.OCCCCCCBr. The van der Waals surface area contributed by atoms with Crippen molar-refractivity contribution in [2.24, 2.45) is 0 Å². The normalized spacial score (nSPS) is 9.68. The van der Waals surface area contributed by atoms with Crippen molar-refractivity contribution in [3.63, 3.8) is 0 Å². The van der Waals surface area contributed by atoms with Gasteiger partial charge < -0.3 is 9.84 Å². The number of esters is 1. The van der Waals surface area contributed by atoms with Gasteiger partial charge in [-0.2, -0.15) is 0 Å². The Hall–Kier alpha value is 0.390. The number of ether oxygens (including phenoxy) is 1. The molecule has 0 aliphatic carbocycles. The lowest BCUT2D eigenvalue weighted by Crippen LogP contribution is -2.00. The summed E-state index contributed by atoms with van der Waals surface area (Å²) in [7, 11) is 0. The fraction of sp³-hybridized carbons (Fsp3) is 0.929. The van der Waals surface area contributed by atoms with Gasteiger partial charge >= 0.3 is 5.97 Å². The second kappa shape index (κ2) is 20.7. The number of hydrogen-bond acceptors (Lipinski definition) is 3. The number of rotatable bonds is 11. The molecule has 0 spiro atoms. The van der Waals surface area contributed by atoms with Gasteiger partial charge in [-0.3, -0.25) is 4.79 Å². The van der Waals surface area contributed by atoms with E-state index >= 15 is 0 Å². The number of alkyl halides is 2. The molecule has 0 bridgehead atoms. The molecule has 19 heavy (non-hydrogen) atoms. The van der Waals surface area contributed by atoms with Crippen LogP contribution in [0, 0.1) is 0 Å². The Bertz CT molecular complexity index is 172. The first-order valence-corrected chi connectivity index (χ1v) is 9.29. The molecule has 0 saturated heterocycles. The van der Waals surface area contributed by atoms with E-state index in [-0.39, 0.29) is 5.97 Å². The third-order valence-corrected chi connectivity index (χ3v) is 3.50. The number of hydrogen-bond donors (Lipinski definition) is 1. The average Bonchev–Trinajstić information content (AvgIpc) is 2.39. The van der Waals surface area contributed by atoms with Crippen molar-refractivity contribution in [1.82, 2.24) is 0 Å². The van der Waals surface area contributed by atoms with E-state index in [0.29, 0.717) is 13.2 Å². The highest BCUT2D eigenvalue weighted by Gasteiger charge is 1.92. The third kappa shape index (κ3) is 27.6. The zero-order chi connectivity index (χ0) is 14.8. The maximum absolute atomic E-state index is 10.3. The van der Waals surface area contributed by atoms with E-state index in [4.69, 9.17) is 9.84 Å². The van der Waals surface area contributed by atoms with Crippen molar-refractivity contribution < 1.29 is 14.6 Å². The topological polar surface area (TPSA) is 46.5 Å². The number of halogens is 2. The summed E-state index contributed by atoms with van der Waals surface area (Å²) in [6.07, 6.45) is 9.18. The van der Waals surface area contributed by atoms with E-state index < -0.39 is 0 Å². The first kappa shape index (κ1) is 21.7. The number of carbonyl (C=O) groups excluding carboxylic acids is 1. The van der Waals surface area contributed by atoms with E-state index in [1.165, 1.54) is 39.0 Å². The molecular formula is C14H28Br2O3. The highest BCUT2D eigenvalue weighted by molar-refractivity contribution is 9.09. The van der Waals surface area contributed by atoms with Crippen molar-refractivity contribution in [1.29, 1.82) is 0 Å². The van der Waals surface area contributed by atoms with Gasteiger partial charge in [-0.1, -0.05) is 57.5 Å². The molecule has 0 aromatic rings. The minimum atomic E-state index is -0.175. The van der Waals surface area contributed by atoms with Crippen molar-refractivity contribution in [2.45, 2.75) is 58.3 Å². The molecule has 0 aliphatic heterocycles. The lowest BCUT2D eigenvalue weighted by atomic mass is 10.2. The van der Waals surface area contributed by atoms with Crippen LogP contribution in [0.15, 0.2) is 0 Å². The molecule has 0 aromatic heterocycles. The van der Waals surface area contributed by atoms with Gasteiger partial charge in [0, 0.05) is 24.2 Å². The largest absolute Gasteiger partial charge is 0.466 e. The quantitative estimate of drug-likeness (QED) is 0.315. The predicted molar refractivity (Wildman–Crippen MR) is 88.2 cm³/mol. The molecule has 0 aromatic carbocycles. The van der Waals surface area contributed by atoms with Crippen LogP contribution >= 0.6 is 31.9 Å². The van der Waals surface area contributed by atoms with E-state index in [9.17, 15) is 4.79 Å². The number of unbranched alkanes of at least 4 members (excludes halogenated alkanes) is 6. The van der Waals surface area contributed by atoms with Gasteiger partial charge in [0.2, 0.25) is 0 Å². The first-order chi connectivity index (χ1) is 9.18. The summed E-state index contributed by atoms with van der Waals surface area (Å²) in [4.78, 5) is 10.3. The Morgan fingerprint density at radius 3 is 1.79 bits per heavy atom. The van der Waals surface area contributed by atoms with Crippen LogP contribution < -0.4 is 0 Å². The van der Waals surface area contributed by atoms with Crippen molar-refractivity contribution >= 4 is 37.8 Å². The summed E-state index contributed by atoms with van der Waals surface area (Å²) in [5, 5.41) is 10.5. The molecule has 1 N–H and O–H groups in total. The number of aliphatic hydroxyl groups is 1. The highest BCUT2D eigenvalue weighted by atomic mass is 79.9. The molecular weight excluding hydrogens is 376 g/mol. The fourth-order valence-corrected chi connectivity index (χ4v) is 2.12. The molecule has 0 unspecified atom stereocenters.